The summed E-state index contributed by atoms with van der Waals surface area (Å²) >= 11 is 0. The van der Waals surface area contributed by atoms with Gasteiger partial charge in [-0.3, -0.25) is 4.79 Å². The largest absolute Gasteiger partial charge is 1.00 e. The van der Waals surface area contributed by atoms with E-state index in [9.17, 15) is 9.18 Å². The highest BCUT2D eigenvalue weighted by molar-refractivity contribution is 7.95. The molecule has 2 nitrogen and oxygen atoms in total. The van der Waals surface area contributed by atoms with E-state index in [1.54, 1.807) is 6.07 Å². The lowest BCUT2D eigenvalue weighted by Crippen LogP contribution is -3.00. The average Bonchev–Trinajstić information content (AvgIpc) is 2.85. The predicted molar refractivity (Wildman–Crippen MR) is 134 cm³/mol. The van der Waals surface area contributed by atoms with E-state index < -0.39 is 13.1 Å². The highest BCUT2D eigenvalue weighted by atomic mass is 79.9. The van der Waals surface area contributed by atoms with Crippen molar-refractivity contribution in [1.82, 2.24) is 0 Å². The van der Waals surface area contributed by atoms with Gasteiger partial charge in [-0.2, -0.15) is 0 Å². The molecule has 0 bridgehead atoms. The van der Waals surface area contributed by atoms with Crippen LogP contribution >= 0.6 is 7.26 Å². The zero-order valence-electron chi connectivity index (χ0n) is 18.0. The standard InChI is InChI=1S/C28H23FNOP.BrH/c1-2-28(31)30-27-20-23(29)19-18-22(27)21-32(24-12-6-3-7-13-24,25-14-8-4-9-15-25)26-16-10-5-11-17-26;/h2-20H,1,21H2;1H. The Kier molecular flexibility index (Phi) is 8.32. The van der Waals surface area contributed by atoms with E-state index in [-0.39, 0.29) is 22.9 Å². The first-order valence-electron chi connectivity index (χ1n) is 10.4. The number of benzene rings is 4. The Bertz CT molecular complexity index is 1120. The number of carbonyl (C=O) groups excluding carboxylic acids is 1. The first kappa shape index (κ1) is 24.6. The molecule has 0 saturated carbocycles. The smallest absolute Gasteiger partial charge is 0.247 e. The van der Waals surface area contributed by atoms with E-state index in [0.29, 0.717) is 11.8 Å². The van der Waals surface area contributed by atoms with E-state index >= 15 is 0 Å². The SMILES string of the molecule is C=CC(=O)Nc1cc(F)ccc1C[P+](c1ccccc1)(c1ccccc1)c1ccccc1.[Br-]. The summed E-state index contributed by atoms with van der Waals surface area (Å²) in [5, 5.41) is 6.47. The Morgan fingerprint density at radius 1 is 0.788 bits per heavy atom. The Hall–Kier alpha value is -3.07. The Morgan fingerprint density at radius 3 is 1.67 bits per heavy atom. The fourth-order valence-corrected chi connectivity index (χ4v) is 8.28. The summed E-state index contributed by atoms with van der Waals surface area (Å²) in [5.74, 6) is -0.754. The molecule has 0 radical (unpaired) electrons. The Labute approximate surface area is 205 Å². The van der Waals surface area contributed by atoms with Crippen LogP contribution in [0.25, 0.3) is 0 Å². The molecule has 0 atom stereocenters. The summed E-state index contributed by atoms with van der Waals surface area (Å²) in [6, 6.07) is 36.0. The normalized spacial score (nSPS) is 10.7. The first-order chi connectivity index (χ1) is 15.6. The molecule has 0 aliphatic rings. The fraction of sp³-hybridized carbons (Fsp3) is 0.0357. The van der Waals surface area contributed by atoms with Gasteiger partial charge in [0, 0.05) is 5.56 Å². The molecule has 4 aromatic carbocycles. The van der Waals surface area contributed by atoms with Gasteiger partial charge in [-0.25, -0.2) is 4.39 Å². The highest BCUT2D eigenvalue weighted by Gasteiger charge is 2.45. The van der Waals surface area contributed by atoms with E-state index in [0.717, 1.165) is 5.56 Å². The summed E-state index contributed by atoms with van der Waals surface area (Å²) in [4.78, 5) is 12.1. The maximum atomic E-state index is 14.1. The lowest BCUT2D eigenvalue weighted by molar-refractivity contribution is -0.111. The van der Waals surface area contributed by atoms with Gasteiger partial charge < -0.3 is 22.3 Å². The van der Waals surface area contributed by atoms with Crippen LogP contribution in [0.2, 0.25) is 0 Å². The van der Waals surface area contributed by atoms with Crippen molar-refractivity contribution in [3.63, 3.8) is 0 Å². The summed E-state index contributed by atoms with van der Waals surface area (Å²) < 4.78 is 14.1. The molecule has 0 unspecified atom stereocenters. The number of amides is 1. The lowest BCUT2D eigenvalue weighted by atomic mass is 10.2. The van der Waals surface area contributed by atoms with Crippen molar-refractivity contribution in [2.45, 2.75) is 6.16 Å². The summed E-state index contributed by atoms with van der Waals surface area (Å²) in [5.41, 5.74) is 1.36. The van der Waals surface area contributed by atoms with Crippen molar-refractivity contribution in [3.8, 4) is 0 Å². The van der Waals surface area contributed by atoms with Crippen LogP contribution in [-0.4, -0.2) is 5.91 Å². The van der Waals surface area contributed by atoms with E-state index in [1.165, 1.54) is 34.1 Å². The number of rotatable bonds is 7. The highest BCUT2D eigenvalue weighted by Crippen LogP contribution is 2.58. The Morgan fingerprint density at radius 2 is 1.24 bits per heavy atom. The van der Waals surface area contributed by atoms with Gasteiger partial charge in [-0.1, -0.05) is 67.2 Å². The monoisotopic (exact) mass is 519 g/mol. The molecule has 0 aromatic heterocycles. The minimum Gasteiger partial charge on any atom is -1.00 e. The number of carbonyl (C=O) groups is 1. The predicted octanol–water partition coefficient (Wildman–Crippen LogP) is 2.45. The molecule has 0 saturated heterocycles. The molecule has 0 aliphatic heterocycles. The lowest BCUT2D eigenvalue weighted by Gasteiger charge is -2.28. The van der Waals surface area contributed by atoms with E-state index in [2.05, 4.69) is 84.7 Å². The van der Waals surface area contributed by atoms with Crippen LogP contribution in [0.3, 0.4) is 0 Å². The maximum Gasteiger partial charge on any atom is 0.247 e. The molecule has 33 heavy (non-hydrogen) atoms. The summed E-state index contributed by atoms with van der Waals surface area (Å²) in [6.45, 7) is 3.53. The van der Waals surface area contributed by atoms with Gasteiger partial charge in [0.05, 0.1) is 5.69 Å². The zero-order chi connectivity index (χ0) is 22.4. The maximum absolute atomic E-state index is 14.1. The van der Waals surface area contributed by atoms with Crippen LogP contribution in [0.4, 0.5) is 10.1 Å². The second kappa shape index (κ2) is 11.2. The minimum absolute atomic E-state index is 0. The molecular weight excluding hydrogens is 496 g/mol. The zero-order valence-corrected chi connectivity index (χ0v) is 20.5. The van der Waals surface area contributed by atoms with Crippen molar-refractivity contribution in [1.29, 1.82) is 0 Å². The molecule has 0 heterocycles. The number of nitrogens with one attached hydrogen (secondary N) is 1. The van der Waals surface area contributed by atoms with Gasteiger partial charge in [-0.15, -0.1) is 0 Å². The quantitative estimate of drug-likeness (QED) is 0.295. The molecule has 4 aromatic rings. The molecule has 0 aliphatic carbocycles. The average molecular weight is 520 g/mol. The second-order valence-electron chi connectivity index (χ2n) is 7.47. The molecule has 1 amide bonds. The van der Waals surface area contributed by atoms with E-state index in [4.69, 9.17) is 0 Å². The van der Waals surface area contributed by atoms with Crippen molar-refractivity contribution >= 4 is 34.8 Å². The third kappa shape index (κ3) is 5.30. The topological polar surface area (TPSA) is 29.1 Å². The van der Waals surface area contributed by atoms with Gasteiger partial charge >= 0.3 is 0 Å². The number of halogens is 2. The van der Waals surface area contributed by atoms with Crippen molar-refractivity contribution in [2.75, 3.05) is 5.32 Å². The van der Waals surface area contributed by atoms with Crippen LogP contribution in [0.5, 0.6) is 0 Å². The first-order valence-corrected chi connectivity index (χ1v) is 12.4. The molecule has 1 N–H and O–H groups in total. The molecule has 4 rings (SSSR count). The van der Waals surface area contributed by atoms with Crippen molar-refractivity contribution in [3.05, 3.63) is 133 Å². The summed E-state index contributed by atoms with van der Waals surface area (Å²) in [7, 11) is -2.17. The molecular formula is C28H24BrFNOP. The van der Waals surface area contributed by atoms with Gasteiger partial charge in [-0.05, 0) is 54.6 Å². The van der Waals surface area contributed by atoms with Crippen LogP contribution in [-0.2, 0) is 11.0 Å². The van der Waals surface area contributed by atoms with Gasteiger partial charge in [0.2, 0.25) is 5.91 Å². The summed E-state index contributed by atoms with van der Waals surface area (Å²) in [6.07, 6.45) is 1.83. The van der Waals surface area contributed by atoms with E-state index in [1.807, 2.05) is 18.2 Å². The molecule has 5 heteroatoms. The fourth-order valence-electron chi connectivity index (χ4n) is 4.01. The van der Waals surface area contributed by atoms with Crippen LogP contribution in [0.15, 0.2) is 122 Å². The molecule has 0 spiro atoms. The third-order valence-corrected chi connectivity index (χ3v) is 9.87. The number of anilines is 1. The Balaban J connectivity index is 0.00000306. The number of hydrogen-bond donors (Lipinski definition) is 1. The van der Waals surface area contributed by atoms with Crippen molar-refractivity contribution in [2.24, 2.45) is 0 Å². The minimum atomic E-state index is -2.17. The van der Waals surface area contributed by atoms with Crippen LogP contribution in [0, 0.1) is 5.82 Å². The molecule has 0 fully saturated rings. The van der Waals surface area contributed by atoms with Crippen molar-refractivity contribution < 1.29 is 26.2 Å². The number of hydrogen-bond acceptors (Lipinski definition) is 1. The second-order valence-corrected chi connectivity index (χ2v) is 11.0. The van der Waals surface area contributed by atoms with Gasteiger partial charge in [0.1, 0.15) is 35.2 Å². The van der Waals surface area contributed by atoms with Crippen LogP contribution < -0.4 is 38.2 Å². The molecule has 166 valence electrons. The van der Waals surface area contributed by atoms with Gasteiger partial charge in [0.25, 0.3) is 0 Å². The third-order valence-electron chi connectivity index (χ3n) is 5.51. The van der Waals surface area contributed by atoms with Crippen LogP contribution in [0.1, 0.15) is 5.56 Å². The van der Waals surface area contributed by atoms with Gasteiger partial charge in [0.15, 0.2) is 0 Å².